The van der Waals surface area contributed by atoms with Gasteiger partial charge in [0, 0.05) is 6.04 Å². The molecule has 5 atom stereocenters. The van der Waals surface area contributed by atoms with E-state index in [-0.39, 0.29) is 6.42 Å². The maximum atomic E-state index is 12.9. The number of nitrogens with one attached hydrogen (secondary N) is 1. The number of fused-ring (bicyclic) bond motifs is 2. The van der Waals surface area contributed by atoms with Gasteiger partial charge in [0.05, 0.1) is 12.7 Å². The van der Waals surface area contributed by atoms with Crippen molar-refractivity contribution < 1.29 is 33.6 Å². The Kier molecular flexibility index (Phi) is 2.72. The van der Waals surface area contributed by atoms with E-state index >= 15 is 0 Å². The van der Waals surface area contributed by atoms with Gasteiger partial charge in [0.2, 0.25) is 0 Å². The Morgan fingerprint density at radius 3 is 2.35 bits per heavy atom. The lowest BCUT2D eigenvalue weighted by Crippen LogP contribution is -2.75. The Balaban J connectivity index is 2.49. The van der Waals surface area contributed by atoms with Crippen LogP contribution in [0, 0.1) is 0 Å². The van der Waals surface area contributed by atoms with Crippen LogP contribution in [-0.2, 0) is 0 Å². The van der Waals surface area contributed by atoms with Gasteiger partial charge in [-0.3, -0.25) is 5.32 Å². The number of piperidine rings is 1. The Bertz CT molecular complexity index is 326. The van der Waals surface area contributed by atoms with Gasteiger partial charge in [-0.15, -0.1) is 0 Å². The summed E-state index contributed by atoms with van der Waals surface area (Å²) in [5.74, 6) is 0. The van der Waals surface area contributed by atoms with E-state index in [9.17, 15) is 28.5 Å². The number of hydrogen-bond donors (Lipinski definition) is 5. The van der Waals surface area contributed by atoms with Gasteiger partial charge in [-0.1, -0.05) is 0 Å². The van der Waals surface area contributed by atoms with Gasteiger partial charge in [-0.25, -0.2) is 0 Å². The van der Waals surface area contributed by atoms with E-state index in [4.69, 9.17) is 5.11 Å². The zero-order valence-corrected chi connectivity index (χ0v) is 8.78. The first-order chi connectivity index (χ1) is 7.69. The van der Waals surface area contributed by atoms with Crippen molar-refractivity contribution in [3.63, 3.8) is 0 Å². The van der Waals surface area contributed by atoms with Crippen molar-refractivity contribution in [1.29, 1.82) is 0 Å². The number of hydrogen-bond acceptors (Lipinski definition) is 5. The van der Waals surface area contributed by atoms with Crippen molar-refractivity contribution in [1.82, 2.24) is 5.32 Å². The summed E-state index contributed by atoms with van der Waals surface area (Å²) in [6, 6.07) is -0.750. The van der Waals surface area contributed by atoms with Gasteiger partial charge in [-0.2, -0.15) is 13.2 Å². The molecule has 0 amide bonds. The normalized spacial score (nSPS) is 50.6. The molecule has 0 aromatic rings. The quantitative estimate of drug-likeness (QED) is 0.394. The zero-order chi connectivity index (χ0) is 13.1. The highest BCUT2D eigenvalue weighted by atomic mass is 19.4. The third-order valence-electron chi connectivity index (χ3n) is 3.96. The smallest absolute Gasteiger partial charge is 0.394 e. The lowest BCUT2D eigenvalue weighted by molar-refractivity contribution is -0.307. The predicted octanol–water partition coefficient (Wildman–Crippen LogP) is -1.50. The molecule has 8 heteroatoms. The predicted molar refractivity (Wildman–Crippen MR) is 49.0 cm³/mol. The van der Waals surface area contributed by atoms with Crippen LogP contribution in [0.15, 0.2) is 0 Å². The number of halogens is 3. The summed E-state index contributed by atoms with van der Waals surface area (Å²) < 4.78 is 38.8. The molecule has 2 bridgehead atoms. The highest BCUT2D eigenvalue weighted by Gasteiger charge is 2.74. The molecule has 0 aromatic carbocycles. The third-order valence-corrected chi connectivity index (χ3v) is 3.96. The van der Waals surface area contributed by atoms with Crippen molar-refractivity contribution in [2.75, 3.05) is 6.61 Å². The van der Waals surface area contributed by atoms with Crippen molar-refractivity contribution in [3.8, 4) is 0 Å². The Morgan fingerprint density at radius 1 is 1.29 bits per heavy atom. The van der Waals surface area contributed by atoms with Gasteiger partial charge in [0.25, 0.3) is 0 Å². The lowest BCUT2D eigenvalue weighted by atomic mass is 9.73. The van der Waals surface area contributed by atoms with Crippen molar-refractivity contribution in [2.45, 2.75) is 48.4 Å². The summed E-state index contributed by atoms with van der Waals surface area (Å²) in [7, 11) is 0. The molecule has 2 saturated heterocycles. The minimum Gasteiger partial charge on any atom is -0.394 e. The molecule has 0 aliphatic carbocycles. The van der Waals surface area contributed by atoms with Crippen LogP contribution in [0.5, 0.6) is 0 Å². The van der Waals surface area contributed by atoms with E-state index in [1.807, 2.05) is 0 Å². The van der Waals surface area contributed by atoms with Crippen molar-refractivity contribution in [3.05, 3.63) is 0 Å². The molecule has 0 spiro atoms. The summed E-state index contributed by atoms with van der Waals surface area (Å²) in [5.41, 5.74) is -5.60. The topological polar surface area (TPSA) is 93.0 Å². The number of alkyl halides is 3. The summed E-state index contributed by atoms with van der Waals surface area (Å²) in [6.45, 7) is -1.11. The molecule has 0 unspecified atom stereocenters. The number of rotatable bonds is 1. The first-order valence-corrected chi connectivity index (χ1v) is 5.23. The molecular formula is C9H14F3NO4. The van der Waals surface area contributed by atoms with Crippen LogP contribution in [0.2, 0.25) is 0 Å². The maximum Gasteiger partial charge on any atom is 0.419 e. The number of aliphatic hydroxyl groups is 4. The molecular weight excluding hydrogens is 243 g/mol. The molecule has 5 N–H and O–H groups in total. The van der Waals surface area contributed by atoms with Crippen LogP contribution in [0.25, 0.3) is 0 Å². The molecule has 0 radical (unpaired) electrons. The van der Waals surface area contributed by atoms with Crippen LogP contribution in [0.4, 0.5) is 13.2 Å². The van der Waals surface area contributed by atoms with Gasteiger partial charge >= 0.3 is 6.18 Å². The fourth-order valence-corrected chi connectivity index (χ4v) is 2.87. The molecule has 0 aromatic heterocycles. The fourth-order valence-electron chi connectivity index (χ4n) is 2.87. The van der Waals surface area contributed by atoms with E-state index in [1.165, 1.54) is 0 Å². The third kappa shape index (κ3) is 1.39. The van der Waals surface area contributed by atoms with Crippen molar-refractivity contribution >= 4 is 0 Å². The van der Waals surface area contributed by atoms with E-state index in [2.05, 4.69) is 5.32 Å². The molecule has 2 fully saturated rings. The molecule has 2 aliphatic rings. The maximum absolute atomic E-state index is 12.9. The monoisotopic (exact) mass is 257 g/mol. The summed E-state index contributed by atoms with van der Waals surface area (Å²) in [6.07, 6.45) is -9.09. The first-order valence-electron chi connectivity index (χ1n) is 5.23. The average Bonchev–Trinajstić information content (AvgIpc) is 2.46. The van der Waals surface area contributed by atoms with E-state index in [0.717, 1.165) is 0 Å². The molecule has 2 heterocycles. The van der Waals surface area contributed by atoms with Gasteiger partial charge in [0.1, 0.15) is 11.6 Å². The van der Waals surface area contributed by atoms with Crippen LogP contribution in [0.1, 0.15) is 12.8 Å². The molecule has 2 rings (SSSR count). The second-order valence-corrected chi connectivity index (χ2v) is 4.71. The molecule has 0 saturated carbocycles. The molecule has 2 aliphatic heterocycles. The fraction of sp³-hybridized carbons (Fsp3) is 1.00. The molecule has 5 nitrogen and oxygen atoms in total. The lowest BCUT2D eigenvalue weighted by Gasteiger charge is -2.49. The highest BCUT2D eigenvalue weighted by Crippen LogP contribution is 2.50. The summed E-state index contributed by atoms with van der Waals surface area (Å²) in [4.78, 5) is 0. The first kappa shape index (κ1) is 13.0. The van der Waals surface area contributed by atoms with Gasteiger partial charge in [-0.05, 0) is 12.8 Å². The second kappa shape index (κ2) is 3.55. The standard InChI is InChI=1S/C9H14F3NO4/c10-9(11,12)8(17)2-1-4-5(15)6(16)7(8,3-14)13-4/h4-6,13-17H,1-3H2/t4-,5-,6+,7-,8+/m0/s1. The Hall–Kier alpha value is -0.410. The Morgan fingerprint density at radius 2 is 1.88 bits per heavy atom. The van der Waals surface area contributed by atoms with E-state index in [0.29, 0.717) is 0 Å². The van der Waals surface area contributed by atoms with Crippen LogP contribution in [0.3, 0.4) is 0 Å². The average molecular weight is 257 g/mol. The van der Waals surface area contributed by atoms with Crippen LogP contribution < -0.4 is 5.32 Å². The molecule has 100 valence electrons. The summed E-state index contributed by atoms with van der Waals surface area (Å²) >= 11 is 0. The van der Waals surface area contributed by atoms with E-state index < -0.39 is 48.6 Å². The van der Waals surface area contributed by atoms with E-state index in [1.54, 1.807) is 0 Å². The SMILES string of the molecule is OC[C@@]12N[C@@H](CC[C@]1(O)C(F)(F)F)[C@H](O)[C@H]2O. The van der Waals surface area contributed by atoms with Crippen LogP contribution in [-0.4, -0.2) is 62.6 Å². The van der Waals surface area contributed by atoms with Crippen LogP contribution >= 0.6 is 0 Å². The minimum absolute atomic E-state index is 0.129. The summed E-state index contributed by atoms with van der Waals surface area (Å²) in [5, 5.41) is 40.6. The van der Waals surface area contributed by atoms with Gasteiger partial charge in [0.15, 0.2) is 5.60 Å². The largest absolute Gasteiger partial charge is 0.419 e. The highest BCUT2D eigenvalue weighted by molar-refractivity contribution is 5.24. The Labute approximate surface area is 94.9 Å². The second-order valence-electron chi connectivity index (χ2n) is 4.71. The van der Waals surface area contributed by atoms with Crippen molar-refractivity contribution in [2.24, 2.45) is 0 Å². The minimum atomic E-state index is -5.00. The van der Waals surface area contributed by atoms with Gasteiger partial charge < -0.3 is 20.4 Å². The number of aliphatic hydroxyl groups excluding tert-OH is 3. The molecule has 17 heavy (non-hydrogen) atoms. The zero-order valence-electron chi connectivity index (χ0n) is 8.78.